The van der Waals surface area contributed by atoms with Crippen LogP contribution in [0.25, 0.3) is 0 Å². The number of nitrogens with zero attached hydrogens (tertiary/aromatic N) is 1. The van der Waals surface area contributed by atoms with Crippen LogP contribution < -0.4 is 11.1 Å². The molecule has 0 unspecified atom stereocenters. The average Bonchev–Trinajstić information content (AvgIpc) is 2.69. The van der Waals surface area contributed by atoms with Crippen molar-refractivity contribution in [2.45, 2.75) is 19.4 Å². The standard InChI is InChI=1S/C13H18BrN3O/c1-9-6-11(2-3-12(9)14)16-13(18)8-17-5-4-10(15)7-17/h2-3,6,10H,4-5,7-8,15H2,1H3,(H,16,18)/t10-/m0/s1. The van der Waals surface area contributed by atoms with Gasteiger partial charge in [-0.1, -0.05) is 15.9 Å². The molecule has 18 heavy (non-hydrogen) atoms. The second-order valence-electron chi connectivity index (χ2n) is 4.80. The van der Waals surface area contributed by atoms with Gasteiger partial charge in [-0.05, 0) is 37.1 Å². The molecule has 1 atom stereocenters. The molecular weight excluding hydrogens is 294 g/mol. The van der Waals surface area contributed by atoms with E-state index >= 15 is 0 Å². The van der Waals surface area contributed by atoms with Crippen LogP contribution in [0.15, 0.2) is 22.7 Å². The minimum Gasteiger partial charge on any atom is -0.326 e. The molecule has 1 aromatic rings. The fourth-order valence-corrected chi connectivity index (χ4v) is 2.38. The van der Waals surface area contributed by atoms with E-state index < -0.39 is 0 Å². The number of nitrogens with two attached hydrogens (primary N) is 1. The molecule has 1 aliphatic rings. The maximum absolute atomic E-state index is 11.9. The van der Waals surface area contributed by atoms with Crippen LogP contribution in [0, 0.1) is 6.92 Å². The van der Waals surface area contributed by atoms with Gasteiger partial charge in [-0.15, -0.1) is 0 Å². The van der Waals surface area contributed by atoms with Gasteiger partial charge in [-0.25, -0.2) is 0 Å². The molecule has 3 N–H and O–H groups in total. The van der Waals surface area contributed by atoms with Crippen molar-refractivity contribution >= 4 is 27.5 Å². The van der Waals surface area contributed by atoms with Gasteiger partial charge >= 0.3 is 0 Å². The predicted octanol–water partition coefficient (Wildman–Crippen LogP) is 1.73. The van der Waals surface area contributed by atoms with Crippen molar-refractivity contribution in [3.05, 3.63) is 28.2 Å². The number of aryl methyl sites for hydroxylation is 1. The predicted molar refractivity (Wildman–Crippen MR) is 76.5 cm³/mol. The number of rotatable bonds is 3. The lowest BCUT2D eigenvalue weighted by Gasteiger charge is -2.15. The summed E-state index contributed by atoms with van der Waals surface area (Å²) >= 11 is 3.44. The number of amides is 1. The van der Waals surface area contributed by atoms with E-state index in [-0.39, 0.29) is 11.9 Å². The smallest absolute Gasteiger partial charge is 0.238 e. The van der Waals surface area contributed by atoms with E-state index in [4.69, 9.17) is 5.73 Å². The molecule has 0 saturated carbocycles. The maximum atomic E-state index is 11.9. The van der Waals surface area contributed by atoms with Gasteiger partial charge in [0.2, 0.25) is 5.91 Å². The zero-order valence-corrected chi connectivity index (χ0v) is 12.0. The van der Waals surface area contributed by atoms with E-state index in [1.54, 1.807) is 0 Å². The first-order valence-electron chi connectivity index (χ1n) is 6.08. The largest absolute Gasteiger partial charge is 0.326 e. The SMILES string of the molecule is Cc1cc(NC(=O)CN2CC[C@H](N)C2)ccc1Br. The Morgan fingerprint density at radius 2 is 2.39 bits per heavy atom. The molecule has 0 spiro atoms. The minimum atomic E-state index is 0.0193. The van der Waals surface area contributed by atoms with Gasteiger partial charge in [0.1, 0.15) is 0 Å². The van der Waals surface area contributed by atoms with Crippen molar-refractivity contribution < 1.29 is 4.79 Å². The van der Waals surface area contributed by atoms with E-state index in [0.29, 0.717) is 6.54 Å². The van der Waals surface area contributed by atoms with E-state index in [0.717, 1.165) is 35.2 Å². The summed E-state index contributed by atoms with van der Waals surface area (Å²) in [5.74, 6) is 0.0193. The average molecular weight is 312 g/mol. The van der Waals surface area contributed by atoms with Crippen LogP contribution in [0.4, 0.5) is 5.69 Å². The number of carbonyl (C=O) groups excluding carboxylic acids is 1. The number of anilines is 1. The summed E-state index contributed by atoms with van der Waals surface area (Å²) in [5, 5.41) is 2.91. The highest BCUT2D eigenvalue weighted by Gasteiger charge is 2.20. The topological polar surface area (TPSA) is 58.4 Å². The zero-order valence-electron chi connectivity index (χ0n) is 10.4. The quantitative estimate of drug-likeness (QED) is 0.894. The maximum Gasteiger partial charge on any atom is 0.238 e. The number of hydrogen-bond acceptors (Lipinski definition) is 3. The number of nitrogens with one attached hydrogen (secondary N) is 1. The van der Waals surface area contributed by atoms with E-state index in [1.165, 1.54) is 0 Å². The highest BCUT2D eigenvalue weighted by atomic mass is 79.9. The molecule has 98 valence electrons. The molecule has 1 fully saturated rings. The van der Waals surface area contributed by atoms with E-state index in [1.807, 2.05) is 25.1 Å². The molecule has 1 amide bonds. The first kappa shape index (κ1) is 13.5. The summed E-state index contributed by atoms with van der Waals surface area (Å²) < 4.78 is 1.05. The first-order valence-corrected chi connectivity index (χ1v) is 6.88. The Morgan fingerprint density at radius 1 is 1.61 bits per heavy atom. The summed E-state index contributed by atoms with van der Waals surface area (Å²) in [5.41, 5.74) is 7.76. The Hall–Kier alpha value is -0.910. The monoisotopic (exact) mass is 311 g/mol. The van der Waals surface area contributed by atoms with Gasteiger partial charge in [0, 0.05) is 29.3 Å². The van der Waals surface area contributed by atoms with Crippen LogP contribution in [0.5, 0.6) is 0 Å². The van der Waals surface area contributed by atoms with Crippen LogP contribution >= 0.6 is 15.9 Å². The fraction of sp³-hybridized carbons (Fsp3) is 0.462. The summed E-state index contributed by atoms with van der Waals surface area (Å²) in [6.07, 6.45) is 0.977. The number of benzene rings is 1. The van der Waals surface area contributed by atoms with Crippen LogP contribution in [-0.4, -0.2) is 36.5 Å². The van der Waals surface area contributed by atoms with Gasteiger partial charge in [0.05, 0.1) is 6.54 Å². The number of hydrogen-bond donors (Lipinski definition) is 2. The lowest BCUT2D eigenvalue weighted by molar-refractivity contribution is -0.117. The summed E-state index contributed by atoms with van der Waals surface area (Å²) in [7, 11) is 0. The third kappa shape index (κ3) is 3.54. The Morgan fingerprint density at radius 3 is 3.00 bits per heavy atom. The van der Waals surface area contributed by atoms with Crippen molar-refractivity contribution in [2.24, 2.45) is 5.73 Å². The molecule has 0 radical (unpaired) electrons. The molecule has 1 aliphatic heterocycles. The van der Waals surface area contributed by atoms with Crippen LogP contribution in [0.1, 0.15) is 12.0 Å². The lowest BCUT2D eigenvalue weighted by atomic mass is 10.2. The molecule has 4 nitrogen and oxygen atoms in total. The Labute approximate surface area is 116 Å². The molecule has 1 saturated heterocycles. The Bertz CT molecular complexity index is 450. The summed E-state index contributed by atoms with van der Waals surface area (Å²) in [4.78, 5) is 14.0. The highest BCUT2D eigenvalue weighted by molar-refractivity contribution is 9.10. The molecular formula is C13H18BrN3O. The molecule has 2 rings (SSSR count). The van der Waals surface area contributed by atoms with Crippen molar-refractivity contribution in [1.29, 1.82) is 0 Å². The minimum absolute atomic E-state index is 0.0193. The Balaban J connectivity index is 1.89. The summed E-state index contributed by atoms with van der Waals surface area (Å²) in [6.45, 7) is 4.14. The summed E-state index contributed by atoms with van der Waals surface area (Å²) in [6, 6.07) is 6.01. The molecule has 1 heterocycles. The third-order valence-electron chi connectivity index (χ3n) is 3.12. The zero-order chi connectivity index (χ0) is 13.1. The van der Waals surface area contributed by atoms with Crippen molar-refractivity contribution in [3.8, 4) is 0 Å². The fourth-order valence-electron chi connectivity index (χ4n) is 2.13. The van der Waals surface area contributed by atoms with Crippen molar-refractivity contribution in [3.63, 3.8) is 0 Å². The van der Waals surface area contributed by atoms with Crippen molar-refractivity contribution in [1.82, 2.24) is 4.90 Å². The number of likely N-dealkylation sites (tertiary alicyclic amines) is 1. The van der Waals surface area contributed by atoms with Gasteiger partial charge < -0.3 is 11.1 Å². The second kappa shape index (κ2) is 5.82. The van der Waals surface area contributed by atoms with Gasteiger partial charge in [-0.3, -0.25) is 9.69 Å². The molecule has 0 aromatic heterocycles. The Kier molecular flexibility index (Phi) is 4.37. The molecule has 1 aromatic carbocycles. The van der Waals surface area contributed by atoms with Crippen LogP contribution in [0.2, 0.25) is 0 Å². The van der Waals surface area contributed by atoms with E-state index in [9.17, 15) is 4.79 Å². The van der Waals surface area contributed by atoms with Gasteiger partial charge in [-0.2, -0.15) is 0 Å². The first-order chi connectivity index (χ1) is 8.54. The lowest BCUT2D eigenvalue weighted by Crippen LogP contribution is -2.33. The van der Waals surface area contributed by atoms with Gasteiger partial charge in [0.25, 0.3) is 0 Å². The van der Waals surface area contributed by atoms with Crippen LogP contribution in [-0.2, 0) is 4.79 Å². The van der Waals surface area contributed by atoms with Gasteiger partial charge in [0.15, 0.2) is 0 Å². The highest BCUT2D eigenvalue weighted by Crippen LogP contribution is 2.20. The molecule has 0 aliphatic carbocycles. The third-order valence-corrected chi connectivity index (χ3v) is 4.01. The normalized spacial score (nSPS) is 20.1. The second-order valence-corrected chi connectivity index (χ2v) is 5.65. The molecule has 0 bridgehead atoms. The van der Waals surface area contributed by atoms with E-state index in [2.05, 4.69) is 26.1 Å². The number of carbonyl (C=O) groups is 1. The molecule has 5 heteroatoms. The van der Waals surface area contributed by atoms with Crippen molar-refractivity contribution in [2.75, 3.05) is 25.0 Å². The van der Waals surface area contributed by atoms with Crippen LogP contribution in [0.3, 0.4) is 0 Å². The number of halogens is 1.